The second-order valence-corrected chi connectivity index (χ2v) is 6.25. The van der Waals surface area contributed by atoms with Crippen LogP contribution in [-0.2, 0) is 0 Å². The molecular formula is C16H22ClF3N2O2. The van der Waals surface area contributed by atoms with Crippen LogP contribution in [-0.4, -0.2) is 42.5 Å². The number of rotatable bonds is 5. The zero-order valence-electron chi connectivity index (χ0n) is 13.2. The molecule has 3 rings (SSSR count). The number of nitrogens with zero attached hydrogens (tertiary/aromatic N) is 1. The number of halogens is 4. The summed E-state index contributed by atoms with van der Waals surface area (Å²) in [6, 6.07) is 3.70. The minimum Gasteiger partial charge on any atom is -0.508 e. The number of hydrogen-bond acceptors (Lipinski definition) is 4. The second-order valence-electron chi connectivity index (χ2n) is 6.25. The molecule has 1 aromatic carbocycles. The molecule has 0 amide bonds. The van der Waals surface area contributed by atoms with Crippen molar-refractivity contribution in [1.29, 1.82) is 0 Å². The number of hydrogen-bond donors (Lipinski definition) is 2. The average molecular weight is 367 g/mol. The Morgan fingerprint density at radius 1 is 1.25 bits per heavy atom. The van der Waals surface area contributed by atoms with E-state index in [1.165, 1.54) is 12.1 Å². The van der Waals surface area contributed by atoms with Crippen molar-refractivity contribution in [2.45, 2.75) is 31.7 Å². The summed E-state index contributed by atoms with van der Waals surface area (Å²) in [5.74, 6) is 0.353. The van der Waals surface area contributed by atoms with Crippen LogP contribution in [0, 0.1) is 5.92 Å². The number of aromatic hydroxyl groups is 1. The first-order chi connectivity index (χ1) is 10.9. The van der Waals surface area contributed by atoms with Crippen molar-refractivity contribution in [3.8, 4) is 11.5 Å². The lowest BCUT2D eigenvalue weighted by Crippen LogP contribution is -2.45. The Morgan fingerprint density at radius 3 is 2.50 bits per heavy atom. The smallest absolute Gasteiger partial charge is 0.508 e. The van der Waals surface area contributed by atoms with E-state index < -0.39 is 6.36 Å². The molecule has 24 heavy (non-hydrogen) atoms. The van der Waals surface area contributed by atoms with Crippen LogP contribution in [0.5, 0.6) is 11.5 Å². The summed E-state index contributed by atoms with van der Waals surface area (Å²) in [6.45, 7) is 3.34. The third kappa shape index (κ3) is 5.16. The highest BCUT2D eigenvalue weighted by molar-refractivity contribution is 5.85. The summed E-state index contributed by atoms with van der Waals surface area (Å²) in [6.07, 6.45) is -1.55. The van der Waals surface area contributed by atoms with Crippen molar-refractivity contribution in [2.75, 3.05) is 26.2 Å². The van der Waals surface area contributed by atoms with Crippen LogP contribution in [0.15, 0.2) is 18.2 Å². The van der Waals surface area contributed by atoms with Gasteiger partial charge in [0.05, 0.1) is 0 Å². The minimum absolute atomic E-state index is 0. The summed E-state index contributed by atoms with van der Waals surface area (Å²) in [4.78, 5) is 2.24. The lowest BCUT2D eigenvalue weighted by molar-refractivity contribution is -0.274. The Morgan fingerprint density at radius 2 is 1.92 bits per heavy atom. The topological polar surface area (TPSA) is 44.7 Å². The Balaban J connectivity index is 0.00000208. The fraction of sp³-hybridized carbons (Fsp3) is 0.625. The van der Waals surface area contributed by atoms with Gasteiger partial charge in [0.25, 0.3) is 0 Å². The van der Waals surface area contributed by atoms with Gasteiger partial charge in [-0.2, -0.15) is 0 Å². The molecule has 2 fully saturated rings. The molecule has 0 aromatic heterocycles. The summed E-state index contributed by atoms with van der Waals surface area (Å²) < 4.78 is 41.4. The van der Waals surface area contributed by atoms with E-state index in [0.717, 1.165) is 51.5 Å². The molecule has 136 valence electrons. The largest absolute Gasteiger partial charge is 0.573 e. The summed E-state index contributed by atoms with van der Waals surface area (Å²) in [7, 11) is 0. The lowest BCUT2D eigenvalue weighted by atomic mass is 9.97. The third-order valence-corrected chi connectivity index (χ3v) is 4.44. The monoisotopic (exact) mass is 366 g/mol. The molecule has 1 saturated carbocycles. The molecule has 1 aromatic rings. The van der Waals surface area contributed by atoms with E-state index in [4.69, 9.17) is 0 Å². The van der Waals surface area contributed by atoms with Crippen LogP contribution in [0.25, 0.3) is 0 Å². The molecule has 8 heteroatoms. The zero-order chi connectivity index (χ0) is 16.4. The number of phenolic OH excluding ortho intramolecular Hbond substituents is 1. The lowest BCUT2D eigenvalue weighted by Gasteiger charge is -2.35. The van der Waals surface area contributed by atoms with Crippen molar-refractivity contribution in [3.05, 3.63) is 23.8 Å². The van der Waals surface area contributed by atoms with E-state index in [-0.39, 0.29) is 29.9 Å². The van der Waals surface area contributed by atoms with Gasteiger partial charge < -0.3 is 15.2 Å². The van der Waals surface area contributed by atoms with Gasteiger partial charge in [-0.15, -0.1) is 25.6 Å². The van der Waals surface area contributed by atoms with Crippen molar-refractivity contribution >= 4 is 12.4 Å². The zero-order valence-corrected chi connectivity index (χ0v) is 14.0. The molecule has 0 unspecified atom stereocenters. The van der Waals surface area contributed by atoms with Gasteiger partial charge >= 0.3 is 6.36 Å². The maximum absolute atomic E-state index is 12.4. The number of piperazine rings is 1. The first-order valence-electron chi connectivity index (χ1n) is 7.96. The van der Waals surface area contributed by atoms with E-state index in [9.17, 15) is 18.3 Å². The fourth-order valence-corrected chi connectivity index (χ4v) is 3.13. The number of phenols is 1. The van der Waals surface area contributed by atoms with Gasteiger partial charge in [-0.3, -0.25) is 4.90 Å². The molecule has 1 heterocycles. The predicted octanol–water partition coefficient (Wildman–Crippen LogP) is 3.46. The summed E-state index contributed by atoms with van der Waals surface area (Å²) >= 11 is 0. The molecule has 1 saturated heterocycles. The second kappa shape index (κ2) is 7.80. The van der Waals surface area contributed by atoms with E-state index in [1.807, 2.05) is 0 Å². The molecule has 0 radical (unpaired) electrons. The maximum Gasteiger partial charge on any atom is 0.573 e. The highest BCUT2D eigenvalue weighted by atomic mass is 35.5. The molecule has 1 atom stereocenters. The van der Waals surface area contributed by atoms with Gasteiger partial charge in [-0.05, 0) is 30.5 Å². The number of alkyl halides is 3. The molecule has 2 aliphatic rings. The van der Waals surface area contributed by atoms with Gasteiger partial charge in [0, 0.05) is 37.8 Å². The maximum atomic E-state index is 12.4. The fourth-order valence-electron chi connectivity index (χ4n) is 3.13. The number of benzene rings is 1. The molecule has 2 N–H and O–H groups in total. The van der Waals surface area contributed by atoms with E-state index in [1.54, 1.807) is 0 Å². The standard InChI is InChI=1S/C16H21F3N2O2.ClH/c17-16(18,19)23-12-3-4-15(22)13(10-12)14(9-11-1-2-11)21-7-5-20-6-8-21;/h3-4,10-11,14,20,22H,1-2,5-9H2;1H/t14-;/m0./s1. The van der Waals surface area contributed by atoms with E-state index >= 15 is 0 Å². The highest BCUT2D eigenvalue weighted by Crippen LogP contribution is 2.43. The van der Waals surface area contributed by atoms with Crippen LogP contribution < -0.4 is 10.1 Å². The van der Waals surface area contributed by atoms with E-state index in [0.29, 0.717) is 11.5 Å². The van der Waals surface area contributed by atoms with Gasteiger partial charge in [-0.1, -0.05) is 12.8 Å². The van der Waals surface area contributed by atoms with Crippen molar-refractivity contribution in [2.24, 2.45) is 5.92 Å². The van der Waals surface area contributed by atoms with Crippen LogP contribution in [0.2, 0.25) is 0 Å². The van der Waals surface area contributed by atoms with Crippen LogP contribution in [0.1, 0.15) is 30.9 Å². The van der Waals surface area contributed by atoms with E-state index in [2.05, 4.69) is 15.0 Å². The Hall–Kier alpha value is -1.18. The molecule has 1 aliphatic heterocycles. The highest BCUT2D eigenvalue weighted by Gasteiger charge is 2.34. The van der Waals surface area contributed by atoms with Crippen LogP contribution in [0.3, 0.4) is 0 Å². The number of ether oxygens (including phenoxy) is 1. The third-order valence-electron chi connectivity index (χ3n) is 4.44. The quantitative estimate of drug-likeness (QED) is 0.837. The molecule has 0 bridgehead atoms. The molecule has 1 aliphatic carbocycles. The van der Waals surface area contributed by atoms with Crippen LogP contribution in [0.4, 0.5) is 13.2 Å². The van der Waals surface area contributed by atoms with Gasteiger partial charge in [0.1, 0.15) is 11.5 Å². The Labute approximate surface area is 145 Å². The van der Waals surface area contributed by atoms with Gasteiger partial charge in [0.2, 0.25) is 0 Å². The molecule has 4 nitrogen and oxygen atoms in total. The first kappa shape index (κ1) is 19.1. The predicted molar refractivity (Wildman–Crippen MR) is 86.6 cm³/mol. The summed E-state index contributed by atoms with van der Waals surface area (Å²) in [5.41, 5.74) is 0.528. The minimum atomic E-state index is -4.73. The Kier molecular flexibility index (Phi) is 6.22. The first-order valence-corrected chi connectivity index (χ1v) is 7.96. The van der Waals surface area contributed by atoms with Crippen molar-refractivity contribution < 1.29 is 23.0 Å². The normalized spacial score (nSPS) is 20.3. The van der Waals surface area contributed by atoms with Crippen molar-refractivity contribution in [1.82, 2.24) is 10.2 Å². The SMILES string of the molecule is Cl.Oc1ccc(OC(F)(F)F)cc1[C@H](CC1CC1)N1CCNCC1. The van der Waals surface area contributed by atoms with Crippen LogP contribution >= 0.6 is 12.4 Å². The number of nitrogens with one attached hydrogen (secondary N) is 1. The average Bonchev–Trinajstić information content (AvgIpc) is 3.31. The Bertz CT molecular complexity index is 547. The van der Waals surface area contributed by atoms with Crippen molar-refractivity contribution in [3.63, 3.8) is 0 Å². The van der Waals surface area contributed by atoms with Gasteiger partial charge in [0.15, 0.2) is 0 Å². The molecule has 0 spiro atoms. The molecular weight excluding hydrogens is 345 g/mol. The van der Waals surface area contributed by atoms with Gasteiger partial charge in [-0.25, -0.2) is 0 Å². The summed E-state index contributed by atoms with van der Waals surface area (Å²) in [5, 5.41) is 13.5.